The van der Waals surface area contributed by atoms with E-state index in [0.717, 1.165) is 24.1 Å². The van der Waals surface area contributed by atoms with Crippen molar-refractivity contribution < 1.29 is 4.79 Å². The van der Waals surface area contributed by atoms with Gasteiger partial charge >= 0.3 is 0 Å². The van der Waals surface area contributed by atoms with E-state index < -0.39 is 0 Å². The number of rotatable bonds is 2. The van der Waals surface area contributed by atoms with Crippen molar-refractivity contribution in [1.82, 2.24) is 5.32 Å². The van der Waals surface area contributed by atoms with E-state index in [2.05, 4.69) is 11.4 Å². The summed E-state index contributed by atoms with van der Waals surface area (Å²) in [5.74, 6) is 0.0610. The zero-order valence-electron chi connectivity index (χ0n) is 10.7. The fourth-order valence-electron chi connectivity index (χ4n) is 2.40. The molecule has 18 heavy (non-hydrogen) atoms. The van der Waals surface area contributed by atoms with Crippen molar-refractivity contribution in [1.29, 1.82) is 5.26 Å². The van der Waals surface area contributed by atoms with Gasteiger partial charge in [-0.15, -0.1) is 0 Å². The number of hydrogen-bond donors (Lipinski definition) is 1. The molecule has 1 aromatic carbocycles. The Kier molecular flexibility index (Phi) is 3.63. The van der Waals surface area contributed by atoms with Crippen LogP contribution in [-0.4, -0.2) is 25.5 Å². The monoisotopic (exact) mass is 243 g/mol. The summed E-state index contributed by atoms with van der Waals surface area (Å²) in [7, 11) is 1.80. The average molecular weight is 243 g/mol. The Hall–Kier alpha value is -1.86. The fourth-order valence-corrected chi connectivity index (χ4v) is 2.40. The second-order valence-corrected chi connectivity index (χ2v) is 4.55. The molecule has 0 aromatic heterocycles. The molecule has 1 heterocycles. The number of carbonyl (C=O) groups is 1. The van der Waals surface area contributed by atoms with Gasteiger partial charge < -0.3 is 10.2 Å². The zero-order chi connectivity index (χ0) is 13.1. The lowest BCUT2D eigenvalue weighted by molar-refractivity contribution is -0.121. The van der Waals surface area contributed by atoms with Crippen molar-refractivity contribution in [3.05, 3.63) is 29.3 Å². The van der Waals surface area contributed by atoms with Crippen molar-refractivity contribution in [3.8, 4) is 6.07 Å². The lowest BCUT2D eigenvalue weighted by Gasteiger charge is -2.32. The number of likely N-dealkylation sites (N-methyl/N-ethyl adjacent to an activating group) is 1. The van der Waals surface area contributed by atoms with Crippen LogP contribution < -0.4 is 10.2 Å². The summed E-state index contributed by atoms with van der Waals surface area (Å²) in [4.78, 5) is 14.0. The topological polar surface area (TPSA) is 56.1 Å². The van der Waals surface area contributed by atoms with Gasteiger partial charge in [0.05, 0.1) is 17.3 Å². The number of hydrogen-bond acceptors (Lipinski definition) is 3. The number of carbonyl (C=O) groups excluding carboxylic acids is 1. The molecule has 0 radical (unpaired) electrons. The summed E-state index contributed by atoms with van der Waals surface area (Å²) in [6, 6.07) is 7.70. The maximum atomic E-state index is 12.3. The third kappa shape index (κ3) is 2.09. The van der Waals surface area contributed by atoms with E-state index in [4.69, 9.17) is 0 Å². The third-order valence-corrected chi connectivity index (χ3v) is 3.44. The van der Waals surface area contributed by atoms with Gasteiger partial charge in [0, 0.05) is 6.54 Å². The normalized spacial score (nSPS) is 19.7. The lowest BCUT2D eigenvalue weighted by atomic mass is 10.0. The van der Waals surface area contributed by atoms with Crippen LogP contribution in [0.4, 0.5) is 5.69 Å². The number of aryl methyl sites for hydroxylation is 1. The largest absolute Gasteiger partial charge is 0.310 e. The first-order chi connectivity index (χ1) is 8.69. The molecule has 1 amide bonds. The number of benzene rings is 1. The Balaban J connectivity index is 2.40. The summed E-state index contributed by atoms with van der Waals surface area (Å²) in [6.45, 7) is 2.58. The molecule has 4 heteroatoms. The minimum Gasteiger partial charge on any atom is -0.310 e. The molecule has 1 unspecified atom stereocenters. The summed E-state index contributed by atoms with van der Waals surface area (Å²) in [6.07, 6.45) is 1.82. The fraction of sp³-hybridized carbons (Fsp3) is 0.429. The maximum absolute atomic E-state index is 12.3. The van der Waals surface area contributed by atoms with Crippen molar-refractivity contribution in [2.45, 2.75) is 25.8 Å². The van der Waals surface area contributed by atoms with E-state index in [-0.39, 0.29) is 11.9 Å². The Morgan fingerprint density at radius 3 is 2.94 bits per heavy atom. The van der Waals surface area contributed by atoms with Gasteiger partial charge in [0.1, 0.15) is 6.07 Å². The van der Waals surface area contributed by atoms with Gasteiger partial charge in [0.25, 0.3) is 0 Å². The van der Waals surface area contributed by atoms with E-state index in [0.29, 0.717) is 12.1 Å². The molecule has 1 aliphatic heterocycles. The minimum atomic E-state index is -0.134. The first-order valence-electron chi connectivity index (χ1n) is 6.17. The molecule has 1 N–H and O–H groups in total. The van der Waals surface area contributed by atoms with Gasteiger partial charge in [-0.05, 0) is 38.4 Å². The molecule has 0 bridgehead atoms. The van der Waals surface area contributed by atoms with E-state index in [1.807, 2.05) is 25.1 Å². The maximum Gasteiger partial charge on any atom is 0.244 e. The van der Waals surface area contributed by atoms with Crippen molar-refractivity contribution in [3.63, 3.8) is 0 Å². The second-order valence-electron chi connectivity index (χ2n) is 4.55. The van der Waals surface area contributed by atoms with E-state index >= 15 is 0 Å². The zero-order valence-corrected chi connectivity index (χ0v) is 10.7. The van der Waals surface area contributed by atoms with Crippen molar-refractivity contribution in [2.75, 3.05) is 18.5 Å². The van der Waals surface area contributed by atoms with Crippen molar-refractivity contribution >= 4 is 11.6 Å². The minimum absolute atomic E-state index is 0.0610. The van der Waals surface area contributed by atoms with Gasteiger partial charge in [0.2, 0.25) is 5.91 Å². The van der Waals surface area contributed by atoms with Crippen LogP contribution in [0.25, 0.3) is 0 Å². The van der Waals surface area contributed by atoms with E-state index in [1.54, 1.807) is 11.9 Å². The van der Waals surface area contributed by atoms with Crippen LogP contribution in [0.1, 0.15) is 24.0 Å². The number of nitrogens with zero attached hydrogens (tertiary/aromatic N) is 2. The van der Waals surface area contributed by atoms with Crippen LogP contribution in [0.5, 0.6) is 0 Å². The molecule has 94 valence electrons. The number of amides is 1. The van der Waals surface area contributed by atoms with E-state index in [1.165, 1.54) is 0 Å². The number of piperidine rings is 1. The lowest BCUT2D eigenvalue weighted by Crippen LogP contribution is -2.50. The molecular formula is C14H17N3O. The third-order valence-electron chi connectivity index (χ3n) is 3.44. The summed E-state index contributed by atoms with van der Waals surface area (Å²) in [5, 5.41) is 12.3. The molecule has 1 aliphatic rings. The highest BCUT2D eigenvalue weighted by Crippen LogP contribution is 2.26. The van der Waals surface area contributed by atoms with Crippen LogP contribution in [0.15, 0.2) is 18.2 Å². The number of anilines is 1. The summed E-state index contributed by atoms with van der Waals surface area (Å²) >= 11 is 0. The molecule has 0 aliphatic carbocycles. The van der Waals surface area contributed by atoms with Crippen LogP contribution in [0.3, 0.4) is 0 Å². The van der Waals surface area contributed by atoms with Gasteiger partial charge in [-0.2, -0.15) is 5.26 Å². The highest BCUT2D eigenvalue weighted by Gasteiger charge is 2.29. The molecule has 0 spiro atoms. The Morgan fingerprint density at radius 1 is 1.50 bits per heavy atom. The molecule has 1 atom stereocenters. The highest BCUT2D eigenvalue weighted by molar-refractivity contribution is 5.99. The quantitative estimate of drug-likeness (QED) is 0.858. The van der Waals surface area contributed by atoms with Gasteiger partial charge in [-0.1, -0.05) is 12.1 Å². The summed E-state index contributed by atoms with van der Waals surface area (Å²) in [5.41, 5.74) is 2.25. The number of nitriles is 1. The predicted octanol–water partition coefficient (Wildman–Crippen LogP) is 1.58. The molecular weight excluding hydrogens is 226 g/mol. The Morgan fingerprint density at radius 2 is 2.28 bits per heavy atom. The molecule has 1 aromatic rings. The van der Waals surface area contributed by atoms with Crippen LogP contribution in [0, 0.1) is 18.3 Å². The molecule has 4 nitrogen and oxygen atoms in total. The SMILES string of the molecule is CNC1CCCN(c2cccc(C)c2C#N)C1=O. The van der Waals surface area contributed by atoms with Crippen LogP contribution in [-0.2, 0) is 4.79 Å². The Bertz CT molecular complexity index is 504. The van der Waals surface area contributed by atoms with Gasteiger partial charge in [0.15, 0.2) is 0 Å². The molecule has 1 saturated heterocycles. The first-order valence-corrected chi connectivity index (χ1v) is 6.17. The molecule has 1 fully saturated rings. The van der Waals surface area contributed by atoms with Gasteiger partial charge in [-0.25, -0.2) is 0 Å². The van der Waals surface area contributed by atoms with E-state index in [9.17, 15) is 10.1 Å². The smallest absolute Gasteiger partial charge is 0.244 e. The van der Waals surface area contributed by atoms with Gasteiger partial charge in [-0.3, -0.25) is 4.79 Å². The van der Waals surface area contributed by atoms with Crippen molar-refractivity contribution in [2.24, 2.45) is 0 Å². The molecule has 2 rings (SSSR count). The standard InChI is InChI=1S/C14H17N3O/c1-10-5-3-7-13(11(10)9-15)17-8-4-6-12(16-2)14(17)18/h3,5,7,12,16H,4,6,8H2,1-2H3. The second kappa shape index (κ2) is 5.19. The van der Waals surface area contributed by atoms with Crippen LogP contribution in [0.2, 0.25) is 0 Å². The average Bonchev–Trinajstić information content (AvgIpc) is 2.39. The van der Waals surface area contributed by atoms with Crippen LogP contribution >= 0.6 is 0 Å². The summed E-state index contributed by atoms with van der Waals surface area (Å²) < 4.78 is 0. The highest BCUT2D eigenvalue weighted by atomic mass is 16.2. The number of nitrogens with one attached hydrogen (secondary N) is 1. The molecule has 0 saturated carbocycles. The predicted molar refractivity (Wildman–Crippen MR) is 70.3 cm³/mol. The Labute approximate surface area is 107 Å². The first kappa shape index (κ1) is 12.6.